The van der Waals surface area contributed by atoms with Crippen LogP contribution < -0.4 is 10.6 Å². The van der Waals surface area contributed by atoms with Crippen LogP contribution in [0.2, 0.25) is 0 Å². The van der Waals surface area contributed by atoms with Crippen molar-refractivity contribution in [3.63, 3.8) is 0 Å². The van der Waals surface area contributed by atoms with Gasteiger partial charge in [0.1, 0.15) is 0 Å². The Morgan fingerprint density at radius 2 is 1.76 bits per heavy atom. The van der Waals surface area contributed by atoms with Gasteiger partial charge in [-0.15, -0.1) is 0 Å². The van der Waals surface area contributed by atoms with Crippen LogP contribution in [0.3, 0.4) is 0 Å². The Hall–Kier alpha value is -1.88. The van der Waals surface area contributed by atoms with Gasteiger partial charge in [-0.05, 0) is 37.3 Å². The Morgan fingerprint density at radius 3 is 2.33 bits per heavy atom. The third kappa shape index (κ3) is 6.40. The topological polar surface area (TPSA) is 78.4 Å². The molecule has 3 N–H and O–H groups in total. The molecule has 1 rings (SSSR count). The maximum atomic E-state index is 11.8. The van der Waals surface area contributed by atoms with Gasteiger partial charge >= 0.3 is 11.8 Å². The molecule has 1 aromatic carbocycles. The lowest BCUT2D eigenvalue weighted by molar-refractivity contribution is -0.136. The van der Waals surface area contributed by atoms with Crippen molar-refractivity contribution < 1.29 is 14.7 Å². The molecule has 116 valence electrons. The molecule has 0 radical (unpaired) electrons. The van der Waals surface area contributed by atoms with E-state index >= 15 is 0 Å². The summed E-state index contributed by atoms with van der Waals surface area (Å²) in [6, 6.07) is 7.24. The first-order chi connectivity index (χ1) is 9.84. The molecule has 0 aliphatic rings. The largest absolute Gasteiger partial charge is 0.396 e. The molecule has 0 fully saturated rings. The predicted molar refractivity (Wildman–Crippen MR) is 82.9 cm³/mol. The number of carbonyl (C=O) groups is 2. The molecule has 0 aliphatic heterocycles. The first kappa shape index (κ1) is 17.2. The average molecular weight is 292 g/mol. The summed E-state index contributed by atoms with van der Waals surface area (Å²) in [6.45, 7) is 6.45. The SMILES string of the molecule is Cc1ccc(NC(=O)C(=O)NCC(C)(C)CCCO)cc1. The fourth-order valence-corrected chi connectivity index (χ4v) is 1.87. The molecule has 1 aromatic rings. The summed E-state index contributed by atoms with van der Waals surface area (Å²) in [5, 5.41) is 14.0. The summed E-state index contributed by atoms with van der Waals surface area (Å²) in [4.78, 5) is 23.5. The van der Waals surface area contributed by atoms with E-state index in [1.54, 1.807) is 12.1 Å². The lowest BCUT2D eigenvalue weighted by Crippen LogP contribution is -2.40. The molecule has 0 saturated carbocycles. The number of aliphatic hydroxyl groups excluding tert-OH is 1. The first-order valence-electron chi connectivity index (χ1n) is 7.11. The highest BCUT2D eigenvalue weighted by atomic mass is 16.3. The third-order valence-corrected chi connectivity index (χ3v) is 3.25. The minimum absolute atomic E-state index is 0.130. The second kappa shape index (κ2) is 7.78. The molecule has 0 aliphatic carbocycles. The number of aliphatic hydroxyl groups is 1. The molecule has 0 saturated heterocycles. The zero-order valence-corrected chi connectivity index (χ0v) is 12.9. The van der Waals surface area contributed by atoms with Crippen LogP contribution in [0, 0.1) is 12.3 Å². The molecule has 0 unspecified atom stereocenters. The lowest BCUT2D eigenvalue weighted by atomic mass is 9.88. The van der Waals surface area contributed by atoms with E-state index in [4.69, 9.17) is 5.11 Å². The second-order valence-electron chi connectivity index (χ2n) is 5.99. The number of amides is 2. The van der Waals surface area contributed by atoms with Crippen LogP contribution in [0.5, 0.6) is 0 Å². The molecular formula is C16H24N2O3. The van der Waals surface area contributed by atoms with Crippen LogP contribution in [0.4, 0.5) is 5.69 Å². The van der Waals surface area contributed by atoms with Crippen LogP contribution in [0.25, 0.3) is 0 Å². The number of rotatable bonds is 6. The molecule has 0 aromatic heterocycles. The van der Waals surface area contributed by atoms with Crippen LogP contribution in [0.15, 0.2) is 24.3 Å². The maximum Gasteiger partial charge on any atom is 0.313 e. The number of carbonyl (C=O) groups excluding carboxylic acids is 2. The van der Waals surface area contributed by atoms with E-state index in [9.17, 15) is 9.59 Å². The van der Waals surface area contributed by atoms with Crippen molar-refractivity contribution in [2.75, 3.05) is 18.5 Å². The minimum Gasteiger partial charge on any atom is -0.396 e. The van der Waals surface area contributed by atoms with Crippen LogP contribution >= 0.6 is 0 Å². The number of aryl methyl sites for hydroxylation is 1. The van der Waals surface area contributed by atoms with Crippen LogP contribution in [0.1, 0.15) is 32.3 Å². The van der Waals surface area contributed by atoms with Gasteiger partial charge in [0.15, 0.2) is 0 Å². The highest BCUT2D eigenvalue weighted by molar-refractivity contribution is 6.39. The molecular weight excluding hydrogens is 268 g/mol. The van der Waals surface area contributed by atoms with E-state index in [1.165, 1.54) is 0 Å². The standard InChI is InChI=1S/C16H24N2O3/c1-12-5-7-13(8-6-12)18-15(21)14(20)17-11-16(2,3)9-4-10-19/h5-8,19H,4,9-11H2,1-3H3,(H,17,20)(H,18,21). The number of hydrogen-bond acceptors (Lipinski definition) is 3. The fourth-order valence-electron chi connectivity index (χ4n) is 1.87. The summed E-state index contributed by atoms with van der Waals surface area (Å²) in [5.74, 6) is -1.32. The van der Waals surface area contributed by atoms with Crippen LogP contribution in [-0.2, 0) is 9.59 Å². The van der Waals surface area contributed by atoms with E-state index in [2.05, 4.69) is 10.6 Å². The van der Waals surface area contributed by atoms with Crippen molar-refractivity contribution in [3.05, 3.63) is 29.8 Å². The van der Waals surface area contributed by atoms with Gasteiger partial charge in [-0.25, -0.2) is 0 Å². The van der Waals surface area contributed by atoms with Crippen molar-refractivity contribution in [3.8, 4) is 0 Å². The minimum atomic E-state index is -0.670. The smallest absolute Gasteiger partial charge is 0.313 e. The first-order valence-corrected chi connectivity index (χ1v) is 7.11. The molecule has 0 spiro atoms. The van der Waals surface area contributed by atoms with Gasteiger partial charge in [-0.2, -0.15) is 0 Å². The van der Waals surface area contributed by atoms with E-state index in [0.29, 0.717) is 18.7 Å². The van der Waals surface area contributed by atoms with Crippen molar-refractivity contribution in [1.29, 1.82) is 0 Å². The summed E-state index contributed by atoms with van der Waals surface area (Å²) in [6.07, 6.45) is 1.46. The fraction of sp³-hybridized carbons (Fsp3) is 0.500. The second-order valence-corrected chi connectivity index (χ2v) is 5.99. The number of anilines is 1. The molecule has 0 heterocycles. The van der Waals surface area contributed by atoms with Crippen molar-refractivity contribution >= 4 is 17.5 Å². The number of hydrogen-bond donors (Lipinski definition) is 3. The van der Waals surface area contributed by atoms with Crippen molar-refractivity contribution in [2.45, 2.75) is 33.6 Å². The van der Waals surface area contributed by atoms with E-state index < -0.39 is 11.8 Å². The quantitative estimate of drug-likeness (QED) is 0.700. The Labute approximate surface area is 125 Å². The highest BCUT2D eigenvalue weighted by Gasteiger charge is 2.21. The van der Waals surface area contributed by atoms with Gasteiger partial charge in [-0.3, -0.25) is 9.59 Å². The number of nitrogens with one attached hydrogen (secondary N) is 2. The molecule has 2 amide bonds. The molecule has 0 bridgehead atoms. The maximum absolute atomic E-state index is 11.8. The Morgan fingerprint density at radius 1 is 1.14 bits per heavy atom. The van der Waals surface area contributed by atoms with Gasteiger partial charge < -0.3 is 15.7 Å². The van der Waals surface area contributed by atoms with Gasteiger partial charge in [0, 0.05) is 18.8 Å². The highest BCUT2D eigenvalue weighted by Crippen LogP contribution is 2.20. The molecule has 5 nitrogen and oxygen atoms in total. The van der Waals surface area contributed by atoms with Gasteiger partial charge in [-0.1, -0.05) is 31.5 Å². The van der Waals surface area contributed by atoms with E-state index in [-0.39, 0.29) is 12.0 Å². The molecule has 0 atom stereocenters. The zero-order valence-electron chi connectivity index (χ0n) is 12.9. The third-order valence-electron chi connectivity index (χ3n) is 3.25. The Bertz CT molecular complexity index is 481. The lowest BCUT2D eigenvalue weighted by Gasteiger charge is -2.24. The summed E-state index contributed by atoms with van der Waals surface area (Å²) >= 11 is 0. The van der Waals surface area contributed by atoms with E-state index in [1.807, 2.05) is 32.9 Å². The normalized spacial score (nSPS) is 11.0. The summed E-state index contributed by atoms with van der Waals surface area (Å²) < 4.78 is 0. The van der Waals surface area contributed by atoms with Gasteiger partial charge in [0.2, 0.25) is 0 Å². The Kier molecular flexibility index (Phi) is 6.37. The zero-order chi connectivity index (χ0) is 15.9. The van der Waals surface area contributed by atoms with Crippen LogP contribution in [-0.4, -0.2) is 30.1 Å². The molecule has 5 heteroatoms. The molecule has 21 heavy (non-hydrogen) atoms. The monoisotopic (exact) mass is 292 g/mol. The van der Waals surface area contributed by atoms with E-state index in [0.717, 1.165) is 12.0 Å². The van der Waals surface area contributed by atoms with Gasteiger partial charge in [0.05, 0.1) is 0 Å². The average Bonchev–Trinajstić information content (AvgIpc) is 2.45. The predicted octanol–water partition coefficient (Wildman–Crippen LogP) is 1.85. The summed E-state index contributed by atoms with van der Waals surface area (Å²) in [5.41, 5.74) is 1.53. The van der Waals surface area contributed by atoms with Crippen molar-refractivity contribution in [1.82, 2.24) is 5.32 Å². The number of benzene rings is 1. The van der Waals surface area contributed by atoms with Crippen molar-refractivity contribution in [2.24, 2.45) is 5.41 Å². The Balaban J connectivity index is 2.44. The summed E-state index contributed by atoms with van der Waals surface area (Å²) in [7, 11) is 0. The van der Waals surface area contributed by atoms with Gasteiger partial charge in [0.25, 0.3) is 0 Å².